The zero-order valence-corrected chi connectivity index (χ0v) is 12.7. The maximum Gasteiger partial charge on any atom is 0.410 e. The summed E-state index contributed by atoms with van der Waals surface area (Å²) in [4.78, 5) is 25.4. The molecule has 6 heteroatoms. The van der Waals surface area contributed by atoms with E-state index >= 15 is 0 Å². The van der Waals surface area contributed by atoms with Crippen molar-refractivity contribution in [2.24, 2.45) is 0 Å². The molecule has 1 fully saturated rings. The van der Waals surface area contributed by atoms with Crippen LogP contribution in [0.15, 0.2) is 22.8 Å². The summed E-state index contributed by atoms with van der Waals surface area (Å²) in [5.41, 5.74) is -0.488. The summed E-state index contributed by atoms with van der Waals surface area (Å²) < 4.78 is 10.4. The highest BCUT2D eigenvalue weighted by Crippen LogP contribution is 2.15. The smallest absolute Gasteiger partial charge is 0.410 e. The zero-order valence-electron chi connectivity index (χ0n) is 12.7. The number of ether oxygens (including phenoxy) is 1. The van der Waals surface area contributed by atoms with Gasteiger partial charge in [0, 0.05) is 19.1 Å². The number of carbonyl (C=O) groups excluding carboxylic acids is 2. The molecule has 2 rings (SSSR count). The van der Waals surface area contributed by atoms with E-state index in [1.807, 2.05) is 20.8 Å². The first kappa shape index (κ1) is 15.6. The molecule has 1 amide bonds. The summed E-state index contributed by atoms with van der Waals surface area (Å²) >= 11 is 0. The van der Waals surface area contributed by atoms with Gasteiger partial charge < -0.3 is 19.4 Å². The number of amides is 1. The number of furan rings is 1. The van der Waals surface area contributed by atoms with E-state index in [1.54, 1.807) is 17.0 Å². The lowest BCUT2D eigenvalue weighted by Gasteiger charge is -2.24. The normalized spacial score (nSPS) is 18.8. The first-order valence-electron chi connectivity index (χ1n) is 7.13. The van der Waals surface area contributed by atoms with Crippen LogP contribution in [0.4, 0.5) is 4.79 Å². The number of Topliss-reactive ketones (excluding diaryl/α,β-unsaturated/α-hetero) is 1. The van der Waals surface area contributed by atoms with Crippen LogP contribution in [0.2, 0.25) is 0 Å². The highest BCUT2D eigenvalue weighted by atomic mass is 16.6. The highest BCUT2D eigenvalue weighted by Gasteiger charge is 2.29. The fraction of sp³-hybridized carbons (Fsp3) is 0.600. The van der Waals surface area contributed by atoms with Crippen LogP contribution < -0.4 is 5.32 Å². The Morgan fingerprint density at radius 1 is 1.48 bits per heavy atom. The monoisotopic (exact) mass is 294 g/mol. The number of likely N-dealkylation sites (tertiary alicyclic amines) is 1. The largest absolute Gasteiger partial charge is 0.461 e. The molecule has 1 aromatic heterocycles. The Morgan fingerprint density at radius 2 is 2.24 bits per heavy atom. The van der Waals surface area contributed by atoms with Gasteiger partial charge in [0.2, 0.25) is 5.78 Å². The average Bonchev–Trinajstić information content (AvgIpc) is 3.05. The fourth-order valence-corrected chi connectivity index (χ4v) is 2.18. The fourth-order valence-electron chi connectivity index (χ4n) is 2.18. The van der Waals surface area contributed by atoms with Crippen molar-refractivity contribution in [3.8, 4) is 0 Å². The Morgan fingerprint density at radius 3 is 2.86 bits per heavy atom. The molecule has 0 radical (unpaired) electrons. The molecule has 0 aromatic carbocycles. The van der Waals surface area contributed by atoms with Crippen molar-refractivity contribution in [1.82, 2.24) is 10.2 Å². The van der Waals surface area contributed by atoms with Crippen LogP contribution in [0.25, 0.3) is 0 Å². The molecule has 0 spiro atoms. The predicted octanol–water partition coefficient (Wildman–Crippen LogP) is 2.06. The maximum absolute atomic E-state index is 11.9. The SMILES string of the molecule is CC(C)(C)OC(=O)N1CC[C@H](NCC(=O)c2ccco2)C1. The van der Waals surface area contributed by atoms with E-state index in [-0.39, 0.29) is 24.5 Å². The number of rotatable bonds is 4. The minimum atomic E-state index is -0.488. The lowest BCUT2D eigenvalue weighted by molar-refractivity contribution is 0.0291. The van der Waals surface area contributed by atoms with Crippen LogP contribution in [0.1, 0.15) is 37.7 Å². The lowest BCUT2D eigenvalue weighted by Crippen LogP contribution is -2.39. The maximum atomic E-state index is 11.9. The van der Waals surface area contributed by atoms with Crippen molar-refractivity contribution < 1.29 is 18.7 Å². The number of hydrogen-bond donors (Lipinski definition) is 1. The standard InChI is InChI=1S/C15H22N2O4/c1-15(2,3)21-14(19)17-7-6-11(10-17)16-9-12(18)13-5-4-8-20-13/h4-5,8,11,16H,6-7,9-10H2,1-3H3/t11-/m0/s1. The van der Waals surface area contributed by atoms with E-state index < -0.39 is 5.60 Å². The van der Waals surface area contributed by atoms with Crippen molar-refractivity contribution in [2.45, 2.75) is 38.8 Å². The van der Waals surface area contributed by atoms with Gasteiger partial charge in [-0.2, -0.15) is 0 Å². The molecule has 0 saturated carbocycles. The Bertz CT molecular complexity index is 490. The summed E-state index contributed by atoms with van der Waals surface area (Å²) in [6.07, 6.45) is 1.99. The molecular formula is C15H22N2O4. The minimum Gasteiger partial charge on any atom is -0.461 e. The third-order valence-corrected chi connectivity index (χ3v) is 3.19. The highest BCUT2D eigenvalue weighted by molar-refractivity contribution is 5.95. The predicted molar refractivity (Wildman–Crippen MR) is 77.3 cm³/mol. The van der Waals surface area contributed by atoms with Crippen molar-refractivity contribution >= 4 is 11.9 Å². The van der Waals surface area contributed by atoms with Gasteiger partial charge in [0.05, 0.1) is 12.8 Å². The van der Waals surface area contributed by atoms with Crippen molar-refractivity contribution in [3.63, 3.8) is 0 Å². The van der Waals surface area contributed by atoms with Crippen LogP contribution >= 0.6 is 0 Å². The third kappa shape index (κ3) is 4.60. The van der Waals surface area contributed by atoms with Crippen LogP contribution in [-0.4, -0.2) is 48.1 Å². The van der Waals surface area contributed by atoms with Gasteiger partial charge in [-0.25, -0.2) is 4.79 Å². The molecule has 21 heavy (non-hydrogen) atoms. The van der Waals surface area contributed by atoms with Gasteiger partial charge in [0.15, 0.2) is 5.76 Å². The van der Waals surface area contributed by atoms with Gasteiger partial charge in [-0.1, -0.05) is 0 Å². The molecule has 1 N–H and O–H groups in total. The van der Waals surface area contributed by atoms with Crippen LogP contribution in [0, 0.1) is 0 Å². The molecule has 0 unspecified atom stereocenters. The quantitative estimate of drug-likeness (QED) is 0.861. The van der Waals surface area contributed by atoms with Gasteiger partial charge in [-0.05, 0) is 39.3 Å². The molecular weight excluding hydrogens is 272 g/mol. The van der Waals surface area contributed by atoms with Crippen molar-refractivity contribution in [1.29, 1.82) is 0 Å². The second-order valence-corrected chi connectivity index (χ2v) is 6.19. The summed E-state index contributed by atoms with van der Waals surface area (Å²) in [5, 5.41) is 3.16. The van der Waals surface area contributed by atoms with E-state index in [9.17, 15) is 9.59 Å². The number of ketones is 1. The average molecular weight is 294 g/mol. The first-order chi connectivity index (χ1) is 9.85. The van der Waals surface area contributed by atoms with Crippen molar-refractivity contribution in [3.05, 3.63) is 24.2 Å². The van der Waals surface area contributed by atoms with E-state index in [4.69, 9.17) is 9.15 Å². The number of carbonyl (C=O) groups is 2. The Kier molecular flexibility index (Phi) is 4.67. The van der Waals surface area contributed by atoms with Gasteiger partial charge >= 0.3 is 6.09 Å². The van der Waals surface area contributed by atoms with Crippen molar-refractivity contribution in [2.75, 3.05) is 19.6 Å². The molecule has 1 atom stereocenters. The van der Waals surface area contributed by atoms with Crippen LogP contribution in [-0.2, 0) is 4.74 Å². The van der Waals surface area contributed by atoms with E-state index in [2.05, 4.69) is 5.32 Å². The Labute approximate surface area is 124 Å². The topological polar surface area (TPSA) is 71.8 Å². The molecule has 0 aliphatic carbocycles. The zero-order chi connectivity index (χ0) is 15.5. The van der Waals surface area contributed by atoms with Gasteiger partial charge in [-0.15, -0.1) is 0 Å². The van der Waals surface area contributed by atoms with Gasteiger partial charge in [0.1, 0.15) is 5.60 Å². The third-order valence-electron chi connectivity index (χ3n) is 3.19. The number of hydrogen-bond acceptors (Lipinski definition) is 5. The minimum absolute atomic E-state index is 0.0873. The summed E-state index contributed by atoms with van der Waals surface area (Å²) in [7, 11) is 0. The lowest BCUT2D eigenvalue weighted by atomic mass is 10.2. The molecule has 1 aliphatic rings. The summed E-state index contributed by atoms with van der Waals surface area (Å²) in [5.74, 6) is 0.264. The van der Waals surface area contributed by atoms with Crippen LogP contribution in [0.5, 0.6) is 0 Å². The summed E-state index contributed by atoms with van der Waals surface area (Å²) in [6, 6.07) is 3.44. The number of nitrogens with one attached hydrogen (secondary N) is 1. The number of nitrogens with zero attached hydrogens (tertiary/aromatic N) is 1. The van der Waals surface area contributed by atoms with Crippen LogP contribution in [0.3, 0.4) is 0 Å². The van der Waals surface area contributed by atoms with Gasteiger partial charge in [0.25, 0.3) is 0 Å². The molecule has 6 nitrogen and oxygen atoms in total. The Balaban J connectivity index is 1.75. The van der Waals surface area contributed by atoms with E-state index in [0.717, 1.165) is 6.42 Å². The van der Waals surface area contributed by atoms with Gasteiger partial charge in [-0.3, -0.25) is 4.79 Å². The molecule has 0 bridgehead atoms. The second-order valence-electron chi connectivity index (χ2n) is 6.19. The molecule has 2 heterocycles. The molecule has 1 saturated heterocycles. The first-order valence-corrected chi connectivity index (χ1v) is 7.13. The second kappa shape index (κ2) is 6.30. The van der Waals surface area contributed by atoms with E-state index in [1.165, 1.54) is 6.26 Å². The van der Waals surface area contributed by atoms with E-state index in [0.29, 0.717) is 18.8 Å². The molecule has 1 aliphatic heterocycles. The molecule has 116 valence electrons. The summed E-state index contributed by atoms with van der Waals surface area (Å²) in [6.45, 7) is 6.94. The Hall–Kier alpha value is -1.82. The molecule has 1 aromatic rings.